The summed E-state index contributed by atoms with van der Waals surface area (Å²) in [6.45, 7) is 12.0. The molecule has 188 valence electrons. The summed E-state index contributed by atoms with van der Waals surface area (Å²) in [7, 11) is 1.86. The van der Waals surface area contributed by atoms with Crippen molar-refractivity contribution >= 4 is 22.9 Å². The minimum Gasteiger partial charge on any atom is -0.477 e. The molecular formula is C28H34N6O2. The van der Waals surface area contributed by atoms with Crippen molar-refractivity contribution in [3.8, 4) is 17.1 Å². The van der Waals surface area contributed by atoms with Gasteiger partial charge in [0.1, 0.15) is 0 Å². The van der Waals surface area contributed by atoms with E-state index >= 15 is 0 Å². The second-order valence-corrected chi connectivity index (χ2v) is 10.3. The third kappa shape index (κ3) is 4.47. The number of aromatic nitrogens is 5. The van der Waals surface area contributed by atoms with Crippen LogP contribution in [-0.2, 0) is 13.6 Å². The van der Waals surface area contributed by atoms with E-state index in [9.17, 15) is 4.79 Å². The number of aryl methyl sites for hydroxylation is 3. The number of pyridine rings is 1. The zero-order valence-corrected chi connectivity index (χ0v) is 21.9. The molecule has 1 aromatic carbocycles. The summed E-state index contributed by atoms with van der Waals surface area (Å²) in [6, 6.07) is 7.96. The van der Waals surface area contributed by atoms with E-state index in [1.807, 2.05) is 14.0 Å². The van der Waals surface area contributed by atoms with Crippen LogP contribution in [0.4, 0.5) is 5.95 Å². The molecule has 0 radical (unpaired) electrons. The summed E-state index contributed by atoms with van der Waals surface area (Å²) in [5.41, 5.74) is 7.18. The van der Waals surface area contributed by atoms with Gasteiger partial charge in [-0.05, 0) is 73.9 Å². The van der Waals surface area contributed by atoms with Crippen molar-refractivity contribution in [1.82, 2.24) is 24.3 Å². The van der Waals surface area contributed by atoms with Crippen LogP contribution in [0.2, 0.25) is 0 Å². The van der Waals surface area contributed by atoms with Crippen LogP contribution in [0.15, 0.2) is 30.5 Å². The van der Waals surface area contributed by atoms with E-state index in [4.69, 9.17) is 9.72 Å². The maximum Gasteiger partial charge on any atom is 0.258 e. The van der Waals surface area contributed by atoms with Crippen LogP contribution in [0.3, 0.4) is 0 Å². The first-order valence-electron chi connectivity index (χ1n) is 12.7. The fraction of sp³-hybridized carbons (Fsp3) is 0.429. The van der Waals surface area contributed by atoms with Gasteiger partial charge in [-0.2, -0.15) is 5.10 Å². The Kier molecular flexibility index (Phi) is 6.28. The first kappa shape index (κ1) is 24.0. The van der Waals surface area contributed by atoms with Gasteiger partial charge < -0.3 is 9.30 Å². The second-order valence-electron chi connectivity index (χ2n) is 10.3. The zero-order valence-electron chi connectivity index (χ0n) is 21.9. The zero-order chi connectivity index (χ0) is 25.6. The number of hydrogen-bond donors (Lipinski definition) is 1. The second kappa shape index (κ2) is 9.41. The monoisotopic (exact) mass is 486 g/mol. The molecule has 1 N–H and O–H groups in total. The predicted molar refractivity (Wildman–Crippen MR) is 142 cm³/mol. The lowest BCUT2D eigenvalue weighted by atomic mass is 9.97. The Labute approximate surface area is 211 Å². The van der Waals surface area contributed by atoms with E-state index in [0.717, 1.165) is 41.7 Å². The van der Waals surface area contributed by atoms with Crippen LogP contribution in [0.1, 0.15) is 66.7 Å². The number of imidazole rings is 1. The maximum absolute atomic E-state index is 13.5. The highest BCUT2D eigenvalue weighted by Gasteiger charge is 2.21. The number of anilines is 1. The first-order valence-corrected chi connectivity index (χ1v) is 12.7. The molecule has 1 amide bonds. The fourth-order valence-corrected chi connectivity index (χ4v) is 5.08. The van der Waals surface area contributed by atoms with E-state index in [1.165, 1.54) is 11.1 Å². The molecule has 2 bridgehead atoms. The third-order valence-corrected chi connectivity index (χ3v) is 6.93. The number of rotatable bonds is 1. The molecule has 5 rings (SSSR count). The van der Waals surface area contributed by atoms with Gasteiger partial charge in [0, 0.05) is 24.8 Å². The van der Waals surface area contributed by atoms with Gasteiger partial charge in [-0.15, -0.1) is 0 Å². The number of ether oxygens (including phenoxy) is 1. The average Bonchev–Trinajstić information content (AvgIpc) is 3.34. The predicted octanol–water partition coefficient (Wildman–Crippen LogP) is 5.63. The maximum atomic E-state index is 13.5. The van der Waals surface area contributed by atoms with Gasteiger partial charge in [0.25, 0.3) is 5.91 Å². The molecule has 8 heteroatoms. The van der Waals surface area contributed by atoms with Gasteiger partial charge in [-0.1, -0.05) is 20.8 Å². The topological polar surface area (TPSA) is 86.9 Å². The molecule has 36 heavy (non-hydrogen) atoms. The van der Waals surface area contributed by atoms with Gasteiger partial charge in [-0.25, -0.2) is 9.67 Å². The molecule has 1 aliphatic heterocycles. The van der Waals surface area contributed by atoms with Crippen molar-refractivity contribution in [3.05, 3.63) is 52.8 Å². The SMILES string of the molecule is Cc1cc2cc(n1)-c1cnn(C)c1OCCC[C@@H](C)Cn1c(nc3cc(C)c(C(C)C)cc31)NC2=O. The number of nitrogens with zero attached hydrogens (tertiary/aromatic N) is 5. The molecule has 0 aliphatic carbocycles. The largest absolute Gasteiger partial charge is 0.477 e. The summed E-state index contributed by atoms with van der Waals surface area (Å²) in [5, 5.41) is 7.48. The van der Waals surface area contributed by atoms with Crippen molar-refractivity contribution in [2.24, 2.45) is 13.0 Å². The average molecular weight is 487 g/mol. The lowest BCUT2D eigenvalue weighted by Crippen LogP contribution is -2.18. The molecule has 0 saturated heterocycles. The highest BCUT2D eigenvalue weighted by molar-refractivity contribution is 6.04. The third-order valence-electron chi connectivity index (χ3n) is 6.93. The summed E-state index contributed by atoms with van der Waals surface area (Å²) in [5.74, 6) is 1.80. The fourth-order valence-electron chi connectivity index (χ4n) is 5.08. The van der Waals surface area contributed by atoms with Gasteiger partial charge in [0.05, 0.1) is 35.1 Å². The Bertz CT molecular complexity index is 1450. The number of benzene rings is 1. The van der Waals surface area contributed by atoms with E-state index in [0.29, 0.717) is 41.5 Å². The van der Waals surface area contributed by atoms with Crippen molar-refractivity contribution < 1.29 is 9.53 Å². The number of hydrogen-bond acceptors (Lipinski definition) is 5. The molecule has 0 unspecified atom stereocenters. The minimum absolute atomic E-state index is 0.215. The smallest absolute Gasteiger partial charge is 0.258 e. The highest BCUT2D eigenvalue weighted by Crippen LogP contribution is 2.32. The molecule has 0 spiro atoms. The molecular weight excluding hydrogens is 452 g/mol. The molecule has 4 heterocycles. The standard InChI is InChI=1S/C28H34N6O2/c1-16(2)21-13-25-24(10-18(21)4)31-28-32-26(35)20-11-19(5)30-23(12-20)22-14-29-33(6)27(22)36-9-7-8-17(3)15-34(25)28/h10-14,16-17H,7-9,15H2,1-6H3,(H,31,32,35)/t17-/m1/s1. The quantitative estimate of drug-likeness (QED) is 0.377. The Morgan fingerprint density at radius 1 is 1.14 bits per heavy atom. The van der Waals surface area contributed by atoms with Crippen LogP contribution in [-0.4, -0.2) is 36.8 Å². The summed E-state index contributed by atoms with van der Waals surface area (Å²) in [4.78, 5) is 23.0. The van der Waals surface area contributed by atoms with Crippen molar-refractivity contribution in [2.45, 2.75) is 59.9 Å². The van der Waals surface area contributed by atoms with Crippen LogP contribution >= 0.6 is 0 Å². The molecule has 3 aromatic heterocycles. The normalized spacial score (nSPS) is 16.6. The van der Waals surface area contributed by atoms with Crippen molar-refractivity contribution in [1.29, 1.82) is 0 Å². The summed E-state index contributed by atoms with van der Waals surface area (Å²) in [6.07, 6.45) is 3.63. The van der Waals surface area contributed by atoms with Gasteiger partial charge in [-0.3, -0.25) is 15.1 Å². The Morgan fingerprint density at radius 2 is 1.94 bits per heavy atom. The van der Waals surface area contributed by atoms with Crippen LogP contribution in [0, 0.1) is 19.8 Å². The van der Waals surface area contributed by atoms with Crippen LogP contribution in [0.5, 0.6) is 5.88 Å². The van der Waals surface area contributed by atoms with Gasteiger partial charge in [0.15, 0.2) is 0 Å². The van der Waals surface area contributed by atoms with Crippen molar-refractivity contribution in [3.63, 3.8) is 0 Å². The number of carbonyl (C=O) groups excluding carboxylic acids is 1. The van der Waals surface area contributed by atoms with Gasteiger partial charge in [0.2, 0.25) is 11.8 Å². The lowest BCUT2D eigenvalue weighted by Gasteiger charge is -2.17. The molecule has 1 atom stereocenters. The Morgan fingerprint density at radius 3 is 2.72 bits per heavy atom. The number of carbonyl (C=O) groups is 1. The lowest BCUT2D eigenvalue weighted by molar-refractivity contribution is 0.102. The number of fused-ring (bicyclic) bond motifs is 7. The summed E-state index contributed by atoms with van der Waals surface area (Å²) < 4.78 is 10.1. The summed E-state index contributed by atoms with van der Waals surface area (Å²) >= 11 is 0. The Hall–Kier alpha value is -3.68. The van der Waals surface area contributed by atoms with E-state index in [2.05, 4.69) is 59.8 Å². The molecule has 1 aliphatic rings. The van der Waals surface area contributed by atoms with E-state index < -0.39 is 0 Å². The van der Waals surface area contributed by atoms with Crippen LogP contribution in [0.25, 0.3) is 22.3 Å². The molecule has 4 aromatic rings. The highest BCUT2D eigenvalue weighted by atomic mass is 16.5. The van der Waals surface area contributed by atoms with Crippen LogP contribution < -0.4 is 10.1 Å². The number of nitrogens with one attached hydrogen (secondary N) is 1. The van der Waals surface area contributed by atoms with Gasteiger partial charge >= 0.3 is 0 Å². The Balaban J connectivity index is 1.63. The van der Waals surface area contributed by atoms with Crippen molar-refractivity contribution in [2.75, 3.05) is 11.9 Å². The van der Waals surface area contributed by atoms with E-state index in [1.54, 1.807) is 23.0 Å². The molecule has 0 saturated carbocycles. The first-order chi connectivity index (χ1) is 17.2. The number of amides is 1. The molecule has 8 nitrogen and oxygen atoms in total. The molecule has 0 fully saturated rings. The van der Waals surface area contributed by atoms with E-state index in [-0.39, 0.29) is 5.91 Å². The minimum atomic E-state index is -0.215.